The molecule has 2 fully saturated rings. The van der Waals surface area contributed by atoms with Crippen LogP contribution in [0.5, 0.6) is 0 Å². The summed E-state index contributed by atoms with van der Waals surface area (Å²) in [7, 11) is 0. The average molecular weight is 255 g/mol. The zero-order valence-electron chi connectivity index (χ0n) is 11.3. The molecular formula is C14H25NO3. The summed E-state index contributed by atoms with van der Waals surface area (Å²) in [4.78, 5) is 12.2. The fraction of sp³-hybridized carbons (Fsp3) is 0.929. The van der Waals surface area contributed by atoms with Crippen LogP contribution in [0.15, 0.2) is 0 Å². The number of ketones is 1. The molecule has 2 rings (SSSR count). The highest BCUT2D eigenvalue weighted by atomic mass is 16.5. The Balaban J connectivity index is 1.87. The van der Waals surface area contributed by atoms with Crippen molar-refractivity contribution in [2.45, 2.75) is 57.1 Å². The lowest BCUT2D eigenvalue weighted by Crippen LogP contribution is -2.46. The molecule has 18 heavy (non-hydrogen) atoms. The van der Waals surface area contributed by atoms with Gasteiger partial charge in [0.15, 0.2) is 0 Å². The van der Waals surface area contributed by atoms with Gasteiger partial charge in [0, 0.05) is 38.2 Å². The molecule has 0 aromatic carbocycles. The molecule has 2 aliphatic heterocycles. The third kappa shape index (κ3) is 3.53. The van der Waals surface area contributed by atoms with Gasteiger partial charge in [-0.25, -0.2) is 0 Å². The third-order valence-corrected chi connectivity index (χ3v) is 4.20. The summed E-state index contributed by atoms with van der Waals surface area (Å²) in [5.74, 6) is 0.553. The van der Waals surface area contributed by atoms with E-state index in [1.807, 2.05) is 6.92 Å². The van der Waals surface area contributed by atoms with E-state index in [2.05, 4.69) is 0 Å². The minimum absolute atomic E-state index is 0.0782. The SMILES string of the molecule is CC(N)CCC(=O)C1CCOC2(CCOCC2)C1. The Kier molecular flexibility index (Phi) is 4.76. The summed E-state index contributed by atoms with van der Waals surface area (Å²) in [6, 6.07) is 0.117. The molecule has 2 saturated heterocycles. The predicted molar refractivity (Wildman–Crippen MR) is 69.4 cm³/mol. The van der Waals surface area contributed by atoms with Crippen LogP contribution in [0.1, 0.15) is 45.4 Å². The van der Waals surface area contributed by atoms with Crippen LogP contribution in [-0.2, 0) is 14.3 Å². The van der Waals surface area contributed by atoms with Gasteiger partial charge >= 0.3 is 0 Å². The smallest absolute Gasteiger partial charge is 0.136 e. The van der Waals surface area contributed by atoms with Gasteiger partial charge in [-0.1, -0.05) is 0 Å². The maximum atomic E-state index is 12.2. The van der Waals surface area contributed by atoms with Gasteiger partial charge < -0.3 is 15.2 Å². The van der Waals surface area contributed by atoms with Crippen LogP contribution >= 0.6 is 0 Å². The van der Waals surface area contributed by atoms with Gasteiger partial charge in [0.2, 0.25) is 0 Å². The van der Waals surface area contributed by atoms with Crippen LogP contribution < -0.4 is 5.73 Å². The van der Waals surface area contributed by atoms with Crippen molar-refractivity contribution in [1.82, 2.24) is 0 Å². The molecule has 0 saturated carbocycles. The zero-order chi connectivity index (χ0) is 13.0. The first-order valence-corrected chi connectivity index (χ1v) is 7.11. The highest BCUT2D eigenvalue weighted by Crippen LogP contribution is 2.37. The second-order valence-electron chi connectivity index (χ2n) is 5.82. The first-order chi connectivity index (χ1) is 8.61. The highest BCUT2D eigenvalue weighted by molar-refractivity contribution is 5.81. The van der Waals surface area contributed by atoms with Crippen LogP contribution in [0.2, 0.25) is 0 Å². The van der Waals surface area contributed by atoms with Gasteiger partial charge in [-0.2, -0.15) is 0 Å². The lowest BCUT2D eigenvalue weighted by molar-refractivity contribution is -0.157. The molecule has 0 amide bonds. The molecule has 1 spiro atoms. The Morgan fingerprint density at radius 1 is 1.39 bits per heavy atom. The fourth-order valence-electron chi connectivity index (χ4n) is 2.97. The van der Waals surface area contributed by atoms with E-state index in [1.54, 1.807) is 0 Å². The third-order valence-electron chi connectivity index (χ3n) is 4.20. The Hall–Kier alpha value is -0.450. The van der Waals surface area contributed by atoms with Crippen LogP contribution in [0, 0.1) is 5.92 Å². The van der Waals surface area contributed by atoms with Crippen LogP contribution in [-0.4, -0.2) is 37.2 Å². The number of hydrogen-bond donors (Lipinski definition) is 1. The van der Waals surface area contributed by atoms with Crippen LogP contribution in [0.25, 0.3) is 0 Å². The number of carbonyl (C=O) groups excluding carboxylic acids is 1. The van der Waals surface area contributed by atoms with Gasteiger partial charge in [-0.3, -0.25) is 4.79 Å². The normalized spacial score (nSPS) is 29.1. The van der Waals surface area contributed by atoms with Gasteiger partial charge in [0.1, 0.15) is 5.78 Å². The van der Waals surface area contributed by atoms with Crippen molar-refractivity contribution in [3.63, 3.8) is 0 Å². The molecular weight excluding hydrogens is 230 g/mol. The molecule has 2 unspecified atom stereocenters. The number of Topliss-reactive ketones (excluding diaryl/α,β-unsaturated/α-hetero) is 1. The molecule has 2 aliphatic rings. The van der Waals surface area contributed by atoms with E-state index in [1.165, 1.54) is 0 Å². The average Bonchev–Trinajstić information content (AvgIpc) is 2.37. The summed E-state index contributed by atoms with van der Waals surface area (Å²) in [5.41, 5.74) is 5.63. The number of ether oxygens (including phenoxy) is 2. The molecule has 0 aromatic heterocycles. The zero-order valence-corrected chi connectivity index (χ0v) is 11.3. The number of nitrogens with two attached hydrogens (primary N) is 1. The Morgan fingerprint density at radius 3 is 2.78 bits per heavy atom. The quantitative estimate of drug-likeness (QED) is 0.830. The Bertz CT molecular complexity index is 279. The van der Waals surface area contributed by atoms with Gasteiger partial charge in [0.05, 0.1) is 5.60 Å². The van der Waals surface area contributed by atoms with Crippen molar-refractivity contribution in [2.24, 2.45) is 11.7 Å². The van der Waals surface area contributed by atoms with Gasteiger partial charge in [-0.05, 0) is 39.0 Å². The van der Waals surface area contributed by atoms with Crippen molar-refractivity contribution < 1.29 is 14.3 Å². The van der Waals surface area contributed by atoms with E-state index >= 15 is 0 Å². The largest absolute Gasteiger partial charge is 0.381 e. The molecule has 2 N–H and O–H groups in total. The fourth-order valence-corrected chi connectivity index (χ4v) is 2.97. The first-order valence-electron chi connectivity index (χ1n) is 7.11. The molecule has 0 aromatic rings. The van der Waals surface area contributed by atoms with Gasteiger partial charge in [-0.15, -0.1) is 0 Å². The second-order valence-corrected chi connectivity index (χ2v) is 5.82. The van der Waals surface area contributed by atoms with E-state index in [4.69, 9.17) is 15.2 Å². The molecule has 4 nitrogen and oxygen atoms in total. The van der Waals surface area contributed by atoms with Crippen molar-refractivity contribution >= 4 is 5.78 Å². The summed E-state index contributed by atoms with van der Waals surface area (Å²) in [5, 5.41) is 0. The number of rotatable bonds is 4. The second kappa shape index (κ2) is 6.13. The minimum atomic E-state index is -0.0782. The lowest BCUT2D eigenvalue weighted by atomic mass is 9.78. The molecule has 104 valence electrons. The monoisotopic (exact) mass is 255 g/mol. The summed E-state index contributed by atoms with van der Waals surface area (Å²) in [6.07, 6.45) is 5.05. The summed E-state index contributed by atoms with van der Waals surface area (Å²) >= 11 is 0. The number of carbonyl (C=O) groups is 1. The van der Waals surface area contributed by atoms with Crippen molar-refractivity contribution in [2.75, 3.05) is 19.8 Å². The molecule has 0 bridgehead atoms. The molecule has 4 heteroatoms. The molecule has 2 heterocycles. The van der Waals surface area contributed by atoms with Crippen molar-refractivity contribution in [1.29, 1.82) is 0 Å². The first kappa shape index (κ1) is 14.0. The maximum Gasteiger partial charge on any atom is 0.136 e. The van der Waals surface area contributed by atoms with Gasteiger partial charge in [0.25, 0.3) is 0 Å². The lowest BCUT2D eigenvalue weighted by Gasteiger charge is -2.43. The van der Waals surface area contributed by atoms with E-state index in [-0.39, 0.29) is 17.6 Å². The highest BCUT2D eigenvalue weighted by Gasteiger charge is 2.40. The standard InChI is InChI=1S/C14H25NO3/c1-11(15)2-3-13(16)12-4-7-18-14(10-12)5-8-17-9-6-14/h11-12H,2-10,15H2,1H3. The number of hydrogen-bond acceptors (Lipinski definition) is 4. The van der Waals surface area contributed by atoms with E-state index in [9.17, 15) is 4.79 Å². The molecule has 0 radical (unpaired) electrons. The Morgan fingerprint density at radius 2 is 2.11 bits per heavy atom. The van der Waals surface area contributed by atoms with Crippen LogP contribution in [0.3, 0.4) is 0 Å². The van der Waals surface area contributed by atoms with Crippen molar-refractivity contribution in [3.05, 3.63) is 0 Å². The predicted octanol–water partition coefficient (Wildman–Crippen LogP) is 1.66. The van der Waals surface area contributed by atoms with Crippen LogP contribution in [0.4, 0.5) is 0 Å². The summed E-state index contributed by atoms with van der Waals surface area (Å²) < 4.78 is 11.3. The van der Waals surface area contributed by atoms with Crippen molar-refractivity contribution in [3.8, 4) is 0 Å². The van der Waals surface area contributed by atoms with E-state index < -0.39 is 0 Å². The van der Waals surface area contributed by atoms with E-state index in [0.717, 1.165) is 45.3 Å². The minimum Gasteiger partial charge on any atom is -0.381 e. The molecule has 0 aliphatic carbocycles. The topological polar surface area (TPSA) is 61.6 Å². The molecule has 2 atom stereocenters. The summed E-state index contributed by atoms with van der Waals surface area (Å²) in [6.45, 7) is 4.20. The maximum absolute atomic E-state index is 12.2. The van der Waals surface area contributed by atoms with E-state index in [0.29, 0.717) is 18.8 Å². The Labute approximate surface area is 109 Å².